The van der Waals surface area contributed by atoms with Gasteiger partial charge in [-0.25, -0.2) is 0 Å². The molecule has 0 aliphatic carbocycles. The van der Waals surface area contributed by atoms with Crippen molar-refractivity contribution >= 4 is 11.8 Å². The number of methoxy groups -OCH3 is 1. The Bertz CT molecular complexity index is 425. The number of benzene rings is 1. The van der Waals surface area contributed by atoms with Crippen LogP contribution in [0.15, 0.2) is 18.2 Å². The lowest BCUT2D eigenvalue weighted by Gasteiger charge is -2.39. The Labute approximate surface area is 120 Å². The van der Waals surface area contributed by atoms with E-state index in [1.807, 2.05) is 11.8 Å². The van der Waals surface area contributed by atoms with E-state index in [2.05, 4.69) is 36.9 Å². The summed E-state index contributed by atoms with van der Waals surface area (Å²) in [6.45, 7) is 6.18. The van der Waals surface area contributed by atoms with Crippen LogP contribution in [-0.2, 0) is 0 Å². The zero-order valence-electron chi connectivity index (χ0n) is 12.1. The first-order valence-corrected chi connectivity index (χ1v) is 8.01. The first kappa shape index (κ1) is 14.7. The molecule has 0 spiro atoms. The van der Waals surface area contributed by atoms with Gasteiger partial charge in [-0.3, -0.25) is 4.90 Å². The minimum Gasteiger partial charge on any atom is -0.496 e. The number of ether oxygens (including phenoxy) is 1. The molecule has 1 aliphatic heterocycles. The molecule has 1 saturated heterocycles. The maximum Gasteiger partial charge on any atom is 0.121 e. The number of nitrogens with two attached hydrogens (primary N) is 1. The highest BCUT2D eigenvalue weighted by Crippen LogP contribution is 2.29. The molecule has 2 unspecified atom stereocenters. The predicted octanol–water partition coefficient (Wildman–Crippen LogP) is 2.44. The fraction of sp³-hybridized carbons (Fsp3) is 0.600. The third-order valence-electron chi connectivity index (χ3n) is 3.85. The molecular formula is C15H24N2OS. The zero-order chi connectivity index (χ0) is 13.8. The molecule has 3 nitrogen and oxygen atoms in total. The highest BCUT2D eigenvalue weighted by molar-refractivity contribution is 7.99. The topological polar surface area (TPSA) is 38.5 Å². The van der Waals surface area contributed by atoms with Crippen molar-refractivity contribution < 1.29 is 4.74 Å². The monoisotopic (exact) mass is 280 g/mol. The van der Waals surface area contributed by atoms with Crippen LogP contribution in [0.25, 0.3) is 0 Å². The quantitative estimate of drug-likeness (QED) is 0.919. The van der Waals surface area contributed by atoms with Gasteiger partial charge in [0.25, 0.3) is 0 Å². The molecule has 2 rings (SSSR count). The van der Waals surface area contributed by atoms with Crippen molar-refractivity contribution in [2.24, 2.45) is 5.73 Å². The Morgan fingerprint density at radius 2 is 2.32 bits per heavy atom. The van der Waals surface area contributed by atoms with Crippen molar-refractivity contribution in [3.8, 4) is 5.75 Å². The van der Waals surface area contributed by atoms with E-state index >= 15 is 0 Å². The maximum absolute atomic E-state index is 6.04. The van der Waals surface area contributed by atoms with E-state index in [0.717, 1.165) is 12.3 Å². The first-order valence-electron chi connectivity index (χ1n) is 6.85. The third kappa shape index (κ3) is 3.25. The molecule has 106 valence electrons. The Kier molecular flexibility index (Phi) is 5.13. The SMILES string of the molecule is COc1ccc(C(CN)N2CCSCC2C)cc1C. The molecule has 1 heterocycles. The molecule has 19 heavy (non-hydrogen) atoms. The van der Waals surface area contributed by atoms with Crippen LogP contribution in [0.1, 0.15) is 24.1 Å². The predicted molar refractivity (Wildman–Crippen MR) is 83.0 cm³/mol. The Hall–Kier alpha value is -0.710. The lowest BCUT2D eigenvalue weighted by Crippen LogP contribution is -2.45. The lowest BCUT2D eigenvalue weighted by molar-refractivity contribution is 0.166. The molecule has 4 heteroatoms. The molecule has 0 amide bonds. The number of rotatable bonds is 4. The van der Waals surface area contributed by atoms with Crippen LogP contribution >= 0.6 is 11.8 Å². The Morgan fingerprint density at radius 3 is 2.89 bits per heavy atom. The van der Waals surface area contributed by atoms with E-state index in [-0.39, 0.29) is 0 Å². The van der Waals surface area contributed by atoms with Crippen molar-refractivity contribution in [2.75, 3.05) is 31.7 Å². The summed E-state index contributed by atoms with van der Waals surface area (Å²) in [5, 5.41) is 0. The van der Waals surface area contributed by atoms with E-state index in [0.29, 0.717) is 18.6 Å². The molecule has 0 radical (unpaired) electrons. The summed E-state index contributed by atoms with van der Waals surface area (Å²) in [5.41, 5.74) is 8.52. The fourth-order valence-electron chi connectivity index (χ4n) is 2.77. The van der Waals surface area contributed by atoms with Gasteiger partial charge in [0.1, 0.15) is 5.75 Å². The van der Waals surface area contributed by atoms with E-state index in [9.17, 15) is 0 Å². The average molecular weight is 280 g/mol. The van der Waals surface area contributed by atoms with Crippen molar-refractivity contribution in [1.82, 2.24) is 4.90 Å². The number of thioether (sulfide) groups is 1. The first-order chi connectivity index (χ1) is 9.17. The van der Waals surface area contributed by atoms with Crippen LogP contribution in [0.4, 0.5) is 0 Å². The van der Waals surface area contributed by atoms with Gasteiger partial charge in [-0.15, -0.1) is 0 Å². The Balaban J connectivity index is 2.23. The second-order valence-corrected chi connectivity index (χ2v) is 6.29. The molecular weight excluding hydrogens is 256 g/mol. The van der Waals surface area contributed by atoms with Gasteiger partial charge >= 0.3 is 0 Å². The van der Waals surface area contributed by atoms with Gasteiger partial charge in [0, 0.05) is 36.7 Å². The minimum absolute atomic E-state index is 0.320. The van der Waals surface area contributed by atoms with Gasteiger partial charge in [0.15, 0.2) is 0 Å². The summed E-state index contributed by atoms with van der Waals surface area (Å²) in [7, 11) is 1.71. The molecule has 1 aliphatic rings. The van der Waals surface area contributed by atoms with Crippen LogP contribution in [-0.4, -0.2) is 42.6 Å². The normalized spacial score (nSPS) is 22.2. The van der Waals surface area contributed by atoms with Crippen molar-refractivity contribution in [1.29, 1.82) is 0 Å². The zero-order valence-corrected chi connectivity index (χ0v) is 12.9. The van der Waals surface area contributed by atoms with E-state index < -0.39 is 0 Å². The summed E-state index contributed by atoms with van der Waals surface area (Å²) in [6, 6.07) is 7.33. The molecule has 2 atom stereocenters. The molecule has 2 N–H and O–H groups in total. The van der Waals surface area contributed by atoms with Gasteiger partial charge in [-0.2, -0.15) is 11.8 Å². The maximum atomic E-state index is 6.04. The largest absolute Gasteiger partial charge is 0.496 e. The summed E-state index contributed by atoms with van der Waals surface area (Å²) < 4.78 is 5.33. The summed E-state index contributed by atoms with van der Waals surface area (Å²) in [4.78, 5) is 2.54. The molecule has 0 bridgehead atoms. The third-order valence-corrected chi connectivity index (χ3v) is 5.04. The van der Waals surface area contributed by atoms with Crippen molar-refractivity contribution in [2.45, 2.75) is 25.9 Å². The van der Waals surface area contributed by atoms with Crippen molar-refractivity contribution in [3.05, 3.63) is 29.3 Å². The standard InChI is InChI=1S/C15H24N2OS/c1-11-8-13(4-5-15(11)18-3)14(9-16)17-6-7-19-10-12(17)2/h4-5,8,12,14H,6-7,9-10,16H2,1-3H3. The molecule has 0 aromatic heterocycles. The lowest BCUT2D eigenvalue weighted by atomic mass is 10.0. The van der Waals surface area contributed by atoms with Gasteiger partial charge in [0.2, 0.25) is 0 Å². The fourth-order valence-corrected chi connectivity index (χ4v) is 3.81. The van der Waals surface area contributed by atoms with E-state index in [1.165, 1.54) is 22.6 Å². The summed E-state index contributed by atoms with van der Waals surface area (Å²) in [5.74, 6) is 3.35. The van der Waals surface area contributed by atoms with Gasteiger partial charge in [-0.05, 0) is 31.0 Å². The van der Waals surface area contributed by atoms with Crippen LogP contribution in [0.3, 0.4) is 0 Å². The second-order valence-electron chi connectivity index (χ2n) is 5.14. The molecule has 1 fully saturated rings. The highest BCUT2D eigenvalue weighted by Gasteiger charge is 2.26. The molecule has 0 saturated carbocycles. The highest BCUT2D eigenvalue weighted by atomic mass is 32.2. The van der Waals surface area contributed by atoms with Gasteiger partial charge in [-0.1, -0.05) is 12.1 Å². The number of hydrogen-bond acceptors (Lipinski definition) is 4. The van der Waals surface area contributed by atoms with Gasteiger partial charge < -0.3 is 10.5 Å². The van der Waals surface area contributed by atoms with E-state index in [4.69, 9.17) is 10.5 Å². The second kappa shape index (κ2) is 6.64. The average Bonchev–Trinajstić information content (AvgIpc) is 2.42. The Morgan fingerprint density at radius 1 is 1.53 bits per heavy atom. The molecule has 1 aromatic carbocycles. The number of hydrogen-bond donors (Lipinski definition) is 1. The smallest absolute Gasteiger partial charge is 0.121 e. The van der Waals surface area contributed by atoms with Crippen LogP contribution in [0, 0.1) is 6.92 Å². The number of nitrogens with zero attached hydrogens (tertiary/aromatic N) is 1. The van der Waals surface area contributed by atoms with E-state index in [1.54, 1.807) is 7.11 Å². The molecule has 1 aromatic rings. The number of aryl methyl sites for hydroxylation is 1. The van der Waals surface area contributed by atoms with Gasteiger partial charge in [0.05, 0.1) is 7.11 Å². The van der Waals surface area contributed by atoms with Crippen LogP contribution in [0.5, 0.6) is 5.75 Å². The summed E-state index contributed by atoms with van der Waals surface area (Å²) in [6.07, 6.45) is 0. The minimum atomic E-state index is 0.320. The summed E-state index contributed by atoms with van der Waals surface area (Å²) >= 11 is 2.04. The van der Waals surface area contributed by atoms with Crippen LogP contribution in [0.2, 0.25) is 0 Å². The van der Waals surface area contributed by atoms with Crippen molar-refractivity contribution in [3.63, 3.8) is 0 Å². The van der Waals surface area contributed by atoms with Crippen LogP contribution < -0.4 is 10.5 Å².